The Morgan fingerprint density at radius 3 is 2.78 bits per heavy atom. The number of alkyl carbamates (subject to hydrolysis) is 1. The maximum atomic E-state index is 13.6. The number of para-hydroxylation sites is 1. The molecule has 18 heavy (non-hydrogen) atoms. The van der Waals surface area contributed by atoms with Crippen molar-refractivity contribution in [3.63, 3.8) is 0 Å². The zero-order chi connectivity index (χ0) is 13.3. The van der Waals surface area contributed by atoms with Crippen LogP contribution in [0, 0.1) is 10.1 Å². The van der Waals surface area contributed by atoms with Crippen molar-refractivity contribution < 1.29 is 23.2 Å². The summed E-state index contributed by atoms with van der Waals surface area (Å²) in [5, 5.41) is 12.7. The molecule has 0 spiro atoms. The normalized spacial score (nSPS) is 21.9. The summed E-state index contributed by atoms with van der Waals surface area (Å²) in [5.74, 6) is -3.40. The highest BCUT2D eigenvalue weighted by Gasteiger charge is 2.48. The molecule has 6 nitrogen and oxygen atoms in total. The van der Waals surface area contributed by atoms with Crippen molar-refractivity contribution in [1.82, 2.24) is 5.32 Å². The van der Waals surface area contributed by atoms with E-state index >= 15 is 0 Å². The Balaban J connectivity index is 2.46. The molecule has 1 saturated heterocycles. The van der Waals surface area contributed by atoms with Crippen LogP contribution in [0.4, 0.5) is 19.3 Å². The van der Waals surface area contributed by atoms with Crippen molar-refractivity contribution >= 4 is 11.8 Å². The fourth-order valence-electron chi connectivity index (χ4n) is 1.71. The van der Waals surface area contributed by atoms with E-state index in [1.807, 2.05) is 5.32 Å². The van der Waals surface area contributed by atoms with Gasteiger partial charge >= 0.3 is 12.0 Å². The molecule has 96 valence electrons. The van der Waals surface area contributed by atoms with Gasteiger partial charge < -0.3 is 10.1 Å². The van der Waals surface area contributed by atoms with E-state index in [1.54, 1.807) is 0 Å². The lowest BCUT2D eigenvalue weighted by molar-refractivity contribution is -0.386. The van der Waals surface area contributed by atoms with E-state index in [2.05, 4.69) is 4.74 Å². The molecule has 1 atom stereocenters. The molecule has 0 aliphatic carbocycles. The number of benzene rings is 1. The molecule has 1 aromatic carbocycles. The molecule has 1 aliphatic rings. The zero-order valence-electron chi connectivity index (χ0n) is 8.93. The van der Waals surface area contributed by atoms with Crippen molar-refractivity contribution in [2.75, 3.05) is 6.61 Å². The minimum Gasteiger partial charge on any atom is -0.443 e. The molecule has 1 N–H and O–H groups in total. The SMILES string of the molecule is O=C1N[C@H](c2ccccc2[N+](=O)[O-])C(F)(F)CO1. The number of hydrogen-bond acceptors (Lipinski definition) is 4. The predicted molar refractivity (Wildman–Crippen MR) is 55.3 cm³/mol. The number of nitrogens with one attached hydrogen (secondary N) is 1. The highest BCUT2D eigenvalue weighted by atomic mass is 19.3. The van der Waals surface area contributed by atoms with Gasteiger partial charge in [0.2, 0.25) is 0 Å². The van der Waals surface area contributed by atoms with Crippen LogP contribution < -0.4 is 5.32 Å². The molecule has 0 unspecified atom stereocenters. The van der Waals surface area contributed by atoms with Crippen LogP contribution in [0.15, 0.2) is 24.3 Å². The molecule has 1 fully saturated rings. The maximum Gasteiger partial charge on any atom is 0.408 e. The summed E-state index contributed by atoms with van der Waals surface area (Å²) in [6, 6.07) is 3.27. The van der Waals surface area contributed by atoms with Crippen molar-refractivity contribution in [1.29, 1.82) is 0 Å². The molecular formula is C10H8F2N2O4. The summed E-state index contributed by atoms with van der Waals surface area (Å²) >= 11 is 0. The first-order valence-electron chi connectivity index (χ1n) is 4.96. The van der Waals surface area contributed by atoms with Crippen LogP contribution in [0.25, 0.3) is 0 Å². The van der Waals surface area contributed by atoms with E-state index in [1.165, 1.54) is 18.2 Å². The molecule has 1 amide bonds. The summed E-state index contributed by atoms with van der Waals surface area (Å²) in [4.78, 5) is 21.0. The molecule has 1 heterocycles. The number of carbonyl (C=O) groups excluding carboxylic acids is 1. The Morgan fingerprint density at radius 2 is 2.11 bits per heavy atom. The highest BCUT2D eigenvalue weighted by Crippen LogP contribution is 2.38. The summed E-state index contributed by atoms with van der Waals surface area (Å²) in [6.07, 6.45) is -1.02. The lowest BCUT2D eigenvalue weighted by Crippen LogP contribution is -2.49. The molecule has 1 aliphatic heterocycles. The van der Waals surface area contributed by atoms with Crippen molar-refractivity contribution in [2.24, 2.45) is 0 Å². The number of cyclic esters (lactones) is 1. The summed E-state index contributed by atoms with van der Waals surface area (Å²) in [6.45, 7) is -1.10. The van der Waals surface area contributed by atoms with Gasteiger partial charge in [-0.25, -0.2) is 13.6 Å². The topological polar surface area (TPSA) is 81.5 Å². The van der Waals surface area contributed by atoms with Gasteiger partial charge in [-0.05, 0) is 6.07 Å². The van der Waals surface area contributed by atoms with Crippen LogP contribution >= 0.6 is 0 Å². The quantitative estimate of drug-likeness (QED) is 0.649. The largest absolute Gasteiger partial charge is 0.443 e. The third kappa shape index (κ3) is 2.08. The van der Waals surface area contributed by atoms with Gasteiger partial charge in [0.15, 0.2) is 6.61 Å². The number of nitrogens with zero attached hydrogens (tertiary/aromatic N) is 1. The summed E-state index contributed by atoms with van der Waals surface area (Å²) in [5.41, 5.74) is -0.714. The van der Waals surface area contributed by atoms with Gasteiger partial charge in [0, 0.05) is 6.07 Å². The van der Waals surface area contributed by atoms with Gasteiger partial charge in [-0.2, -0.15) is 0 Å². The molecule has 0 radical (unpaired) electrons. The van der Waals surface area contributed by atoms with Gasteiger partial charge in [0.05, 0.1) is 10.5 Å². The number of amides is 1. The van der Waals surface area contributed by atoms with Crippen molar-refractivity contribution in [3.05, 3.63) is 39.9 Å². The van der Waals surface area contributed by atoms with E-state index in [0.29, 0.717) is 0 Å². The van der Waals surface area contributed by atoms with Crippen LogP contribution in [-0.4, -0.2) is 23.5 Å². The summed E-state index contributed by atoms with van der Waals surface area (Å²) < 4.78 is 31.4. The number of alkyl halides is 2. The Bertz CT molecular complexity index is 506. The molecule has 8 heteroatoms. The predicted octanol–water partition coefficient (Wildman–Crippen LogP) is 2.01. The minimum absolute atomic E-state index is 0.246. The number of halogens is 2. The maximum absolute atomic E-state index is 13.6. The first kappa shape index (κ1) is 12.2. The molecule has 0 bridgehead atoms. The second-order valence-corrected chi connectivity index (χ2v) is 3.73. The van der Waals surface area contributed by atoms with Gasteiger partial charge in [0.25, 0.3) is 5.69 Å². The average molecular weight is 258 g/mol. The lowest BCUT2D eigenvalue weighted by atomic mass is 9.98. The second kappa shape index (κ2) is 4.21. The molecular weight excluding hydrogens is 250 g/mol. The van der Waals surface area contributed by atoms with Crippen LogP contribution in [0.1, 0.15) is 11.6 Å². The number of rotatable bonds is 2. The van der Waals surface area contributed by atoms with E-state index in [0.717, 1.165) is 6.07 Å². The van der Waals surface area contributed by atoms with Gasteiger partial charge in [-0.3, -0.25) is 10.1 Å². The fraction of sp³-hybridized carbons (Fsp3) is 0.300. The number of hydrogen-bond donors (Lipinski definition) is 1. The number of nitro groups is 1. The molecule has 0 saturated carbocycles. The van der Waals surface area contributed by atoms with Crippen LogP contribution in [0.2, 0.25) is 0 Å². The van der Waals surface area contributed by atoms with E-state index in [-0.39, 0.29) is 5.56 Å². The Labute approximate surface area is 99.7 Å². The monoisotopic (exact) mass is 258 g/mol. The third-order valence-corrected chi connectivity index (χ3v) is 2.52. The van der Waals surface area contributed by atoms with Crippen molar-refractivity contribution in [2.45, 2.75) is 12.0 Å². The van der Waals surface area contributed by atoms with E-state index < -0.39 is 35.3 Å². The number of ether oxygens (including phenoxy) is 1. The van der Waals surface area contributed by atoms with Crippen LogP contribution in [0.5, 0.6) is 0 Å². The Hall–Kier alpha value is -2.25. The third-order valence-electron chi connectivity index (χ3n) is 2.52. The minimum atomic E-state index is -3.40. The molecule has 0 aromatic heterocycles. The van der Waals surface area contributed by atoms with Gasteiger partial charge in [0.1, 0.15) is 6.04 Å². The Morgan fingerprint density at radius 1 is 1.44 bits per heavy atom. The van der Waals surface area contributed by atoms with E-state index in [9.17, 15) is 23.7 Å². The van der Waals surface area contributed by atoms with Gasteiger partial charge in [-0.15, -0.1) is 0 Å². The highest BCUT2D eigenvalue weighted by molar-refractivity contribution is 5.69. The molecule has 2 rings (SSSR count). The smallest absolute Gasteiger partial charge is 0.408 e. The first-order chi connectivity index (χ1) is 8.42. The Kier molecular flexibility index (Phi) is 2.85. The standard InChI is InChI=1S/C10H8F2N2O4/c11-10(12)5-18-9(15)13-8(10)6-3-1-2-4-7(6)14(16)17/h1-4,8H,5H2,(H,13,15)/t8-/m1/s1. The van der Waals surface area contributed by atoms with E-state index in [4.69, 9.17) is 0 Å². The fourth-order valence-corrected chi connectivity index (χ4v) is 1.71. The zero-order valence-corrected chi connectivity index (χ0v) is 8.93. The number of nitro benzene ring substituents is 1. The average Bonchev–Trinajstić information content (AvgIpc) is 2.32. The number of carbonyl (C=O) groups is 1. The first-order valence-corrected chi connectivity index (χ1v) is 4.96. The second-order valence-electron chi connectivity index (χ2n) is 3.73. The van der Waals surface area contributed by atoms with Crippen LogP contribution in [-0.2, 0) is 4.74 Å². The lowest BCUT2D eigenvalue weighted by Gasteiger charge is -2.31. The molecule has 1 aromatic rings. The van der Waals surface area contributed by atoms with Gasteiger partial charge in [-0.1, -0.05) is 12.1 Å². The van der Waals surface area contributed by atoms with Crippen molar-refractivity contribution in [3.8, 4) is 0 Å². The van der Waals surface area contributed by atoms with Crippen LogP contribution in [0.3, 0.4) is 0 Å². The summed E-state index contributed by atoms with van der Waals surface area (Å²) in [7, 11) is 0.